The van der Waals surface area contributed by atoms with Crippen LogP contribution in [0, 0.1) is 0 Å². The first-order chi connectivity index (χ1) is 26.4. The summed E-state index contributed by atoms with van der Waals surface area (Å²) in [6, 6.07) is 35.8. The van der Waals surface area contributed by atoms with Gasteiger partial charge in [0, 0.05) is 34.4 Å². The van der Waals surface area contributed by atoms with E-state index in [9.17, 15) is 39.6 Å². The molecule has 4 N–H and O–H groups in total. The lowest BCUT2D eigenvalue weighted by Crippen LogP contribution is -2.12. The first-order valence-corrected chi connectivity index (χ1v) is 18.0. The smallest absolute Gasteiger partial charge is 0.196 e. The number of phenolic OH excluding ortho intramolecular Hbond substituents is 4. The normalized spacial score (nSPS) is 11.2. The highest BCUT2D eigenvalue weighted by atomic mass is 16.3. The van der Waals surface area contributed by atoms with Crippen LogP contribution in [0.1, 0.15) is 116 Å². The van der Waals surface area contributed by atoms with Crippen LogP contribution in [0.2, 0.25) is 0 Å². The van der Waals surface area contributed by atoms with Crippen LogP contribution in [0.3, 0.4) is 0 Å². The molecular formula is C48H44O8. The highest BCUT2D eigenvalue weighted by Crippen LogP contribution is 2.33. The minimum absolute atomic E-state index is 0.0269. The van der Waals surface area contributed by atoms with E-state index < -0.39 is 23.1 Å². The Morgan fingerprint density at radius 3 is 0.804 bits per heavy atom. The zero-order chi connectivity index (χ0) is 40.9. The average molecular weight is 749 g/mol. The molecule has 0 unspecified atom stereocenters. The number of rotatable bonds is 8. The van der Waals surface area contributed by atoms with Gasteiger partial charge in [-0.05, 0) is 34.1 Å². The van der Waals surface area contributed by atoms with Crippen LogP contribution in [0.4, 0.5) is 0 Å². The Kier molecular flexibility index (Phi) is 11.7. The van der Waals surface area contributed by atoms with Crippen LogP contribution in [0.25, 0.3) is 0 Å². The second-order valence-corrected chi connectivity index (χ2v) is 15.5. The van der Waals surface area contributed by atoms with Crippen molar-refractivity contribution < 1.29 is 39.6 Å². The molecule has 0 amide bonds. The van der Waals surface area contributed by atoms with Gasteiger partial charge in [-0.25, -0.2) is 0 Å². The van der Waals surface area contributed by atoms with Crippen molar-refractivity contribution in [1.82, 2.24) is 0 Å². The van der Waals surface area contributed by atoms with E-state index in [4.69, 9.17) is 0 Å². The fraction of sp³-hybridized carbons (Fsp3) is 0.167. The standard InChI is InChI=1S/C28H30O4.C20H14O4/c1-27(2,3)19-11-7-17(8-12-19)25(31)21-15-22(24(30)16-23(21)29)26(32)18-9-13-20(14-10-18)28(4,5)6;21-17-12-18(22)16(20(24)14-9-5-2-6-10-14)11-15(17)19(23)13-7-3-1-4-8-13/h7-16,29-30H,1-6H3;1-12,21-22H. The SMILES string of the molecule is CC(C)(C)c1ccc(C(=O)c2cc(C(=O)c3ccc(C(C)(C)C)cc3)c(O)cc2O)cc1.O=C(c1ccccc1)c1cc(C(=O)c2ccccc2)c(O)cc1O. The van der Waals surface area contributed by atoms with Crippen LogP contribution >= 0.6 is 0 Å². The topological polar surface area (TPSA) is 149 Å². The molecule has 0 bridgehead atoms. The van der Waals surface area contributed by atoms with Gasteiger partial charge in [0.05, 0.1) is 22.3 Å². The molecule has 0 aliphatic heterocycles. The number of phenols is 4. The summed E-state index contributed by atoms with van der Waals surface area (Å²) in [6.45, 7) is 12.5. The highest BCUT2D eigenvalue weighted by molar-refractivity contribution is 6.16. The number of ketones is 4. The van der Waals surface area contributed by atoms with Crippen molar-refractivity contribution in [2.75, 3.05) is 0 Å². The quantitative estimate of drug-likeness (QED) is 0.112. The van der Waals surface area contributed by atoms with E-state index in [1.807, 2.05) is 24.3 Å². The third kappa shape index (κ3) is 9.10. The van der Waals surface area contributed by atoms with Gasteiger partial charge >= 0.3 is 0 Å². The third-order valence-electron chi connectivity index (χ3n) is 9.30. The van der Waals surface area contributed by atoms with E-state index in [0.29, 0.717) is 22.3 Å². The molecule has 0 aliphatic carbocycles. The molecule has 0 atom stereocenters. The number of aromatic hydroxyl groups is 4. The van der Waals surface area contributed by atoms with Crippen molar-refractivity contribution in [3.8, 4) is 23.0 Å². The summed E-state index contributed by atoms with van der Waals surface area (Å²) in [5, 5.41) is 40.7. The second-order valence-electron chi connectivity index (χ2n) is 15.5. The first kappa shape index (κ1) is 40.4. The lowest BCUT2D eigenvalue weighted by atomic mass is 9.85. The molecule has 0 saturated carbocycles. The average Bonchev–Trinajstić information content (AvgIpc) is 3.17. The van der Waals surface area contributed by atoms with E-state index in [1.54, 1.807) is 84.9 Å². The molecule has 8 nitrogen and oxygen atoms in total. The molecular weight excluding hydrogens is 705 g/mol. The number of benzene rings is 6. The molecule has 6 aromatic rings. The number of carbonyl (C=O) groups excluding carboxylic acids is 4. The van der Waals surface area contributed by atoms with Crippen molar-refractivity contribution in [2.45, 2.75) is 52.4 Å². The minimum Gasteiger partial charge on any atom is -0.507 e. The van der Waals surface area contributed by atoms with Crippen molar-refractivity contribution in [1.29, 1.82) is 0 Å². The maximum Gasteiger partial charge on any atom is 0.196 e. The largest absolute Gasteiger partial charge is 0.507 e. The van der Waals surface area contributed by atoms with Gasteiger partial charge in [0.25, 0.3) is 0 Å². The van der Waals surface area contributed by atoms with Gasteiger partial charge in [-0.1, -0.05) is 151 Å². The third-order valence-corrected chi connectivity index (χ3v) is 9.30. The summed E-state index contributed by atoms with van der Waals surface area (Å²) >= 11 is 0. The van der Waals surface area contributed by atoms with Gasteiger partial charge in [0.1, 0.15) is 23.0 Å². The molecule has 0 aliphatic rings. The van der Waals surface area contributed by atoms with Crippen LogP contribution < -0.4 is 0 Å². The van der Waals surface area contributed by atoms with E-state index in [-0.39, 0.29) is 56.1 Å². The zero-order valence-electron chi connectivity index (χ0n) is 32.1. The van der Waals surface area contributed by atoms with Crippen LogP contribution in [-0.2, 0) is 10.8 Å². The summed E-state index contributed by atoms with van der Waals surface area (Å²) in [7, 11) is 0. The summed E-state index contributed by atoms with van der Waals surface area (Å²) in [4.78, 5) is 51.2. The van der Waals surface area contributed by atoms with Gasteiger partial charge in [-0.3, -0.25) is 19.2 Å². The molecule has 0 aromatic heterocycles. The molecule has 56 heavy (non-hydrogen) atoms. The van der Waals surface area contributed by atoms with Gasteiger partial charge in [-0.2, -0.15) is 0 Å². The monoisotopic (exact) mass is 748 g/mol. The van der Waals surface area contributed by atoms with Crippen LogP contribution in [-0.4, -0.2) is 43.6 Å². The van der Waals surface area contributed by atoms with E-state index >= 15 is 0 Å². The predicted octanol–water partition coefficient (Wildman–Crippen LogP) is 9.71. The minimum atomic E-state index is -0.421. The highest BCUT2D eigenvalue weighted by Gasteiger charge is 2.24. The van der Waals surface area contributed by atoms with Gasteiger partial charge in [-0.15, -0.1) is 0 Å². The Labute approximate surface area is 326 Å². The molecule has 6 aromatic carbocycles. The van der Waals surface area contributed by atoms with Crippen molar-refractivity contribution >= 4 is 23.1 Å². The number of hydrogen-bond donors (Lipinski definition) is 4. The summed E-state index contributed by atoms with van der Waals surface area (Å²) < 4.78 is 0. The Hall–Kier alpha value is -6.80. The molecule has 0 radical (unpaired) electrons. The van der Waals surface area contributed by atoms with Crippen LogP contribution in [0.15, 0.2) is 133 Å². The lowest BCUT2D eigenvalue weighted by molar-refractivity contribution is 0.102. The Morgan fingerprint density at radius 2 is 0.571 bits per heavy atom. The van der Waals surface area contributed by atoms with Gasteiger partial charge in [0.2, 0.25) is 0 Å². The van der Waals surface area contributed by atoms with Gasteiger partial charge in [0.15, 0.2) is 23.1 Å². The molecule has 0 fully saturated rings. The summed E-state index contributed by atoms with van der Waals surface area (Å²) in [5.41, 5.74) is 3.51. The van der Waals surface area contributed by atoms with Crippen molar-refractivity contribution in [3.63, 3.8) is 0 Å². The maximum absolute atomic E-state index is 13.1. The molecule has 6 rings (SSSR count). The Bertz CT molecular complexity index is 2230. The van der Waals surface area contributed by atoms with Crippen LogP contribution in [0.5, 0.6) is 23.0 Å². The van der Waals surface area contributed by atoms with E-state index in [1.165, 1.54) is 12.1 Å². The number of hydrogen-bond acceptors (Lipinski definition) is 8. The van der Waals surface area contributed by atoms with Gasteiger partial charge < -0.3 is 20.4 Å². The fourth-order valence-corrected chi connectivity index (χ4v) is 5.93. The number of carbonyl (C=O) groups is 4. The molecule has 284 valence electrons. The van der Waals surface area contributed by atoms with E-state index in [2.05, 4.69) is 41.5 Å². The Morgan fingerprint density at radius 1 is 0.339 bits per heavy atom. The zero-order valence-corrected chi connectivity index (χ0v) is 32.1. The fourth-order valence-electron chi connectivity index (χ4n) is 5.93. The second kappa shape index (κ2) is 16.3. The molecule has 0 saturated heterocycles. The molecule has 0 heterocycles. The first-order valence-electron chi connectivity index (χ1n) is 18.0. The molecule has 8 heteroatoms. The van der Waals surface area contributed by atoms with Crippen molar-refractivity contribution in [3.05, 3.63) is 189 Å². The van der Waals surface area contributed by atoms with E-state index in [0.717, 1.165) is 23.3 Å². The summed E-state index contributed by atoms with van der Waals surface area (Å²) in [5.74, 6) is -3.15. The Balaban J connectivity index is 0.000000223. The lowest BCUT2D eigenvalue weighted by Gasteiger charge is -2.19. The molecule has 0 spiro atoms. The maximum atomic E-state index is 13.1. The summed E-state index contributed by atoms with van der Waals surface area (Å²) in [6.07, 6.45) is 0. The van der Waals surface area contributed by atoms with Crippen molar-refractivity contribution in [2.24, 2.45) is 0 Å². The predicted molar refractivity (Wildman–Crippen MR) is 216 cm³/mol.